The summed E-state index contributed by atoms with van der Waals surface area (Å²) in [4.78, 5) is 26.8. The van der Waals surface area contributed by atoms with E-state index < -0.39 is 5.97 Å². The van der Waals surface area contributed by atoms with Gasteiger partial charge in [0.05, 0.1) is 6.54 Å². The first-order valence-corrected chi connectivity index (χ1v) is 10.8. The van der Waals surface area contributed by atoms with Crippen molar-refractivity contribution in [3.63, 3.8) is 0 Å². The molecule has 7 heteroatoms. The third-order valence-corrected chi connectivity index (χ3v) is 6.83. The van der Waals surface area contributed by atoms with Gasteiger partial charge in [0.1, 0.15) is 10.7 Å². The lowest BCUT2D eigenvalue weighted by atomic mass is 10.0. The van der Waals surface area contributed by atoms with E-state index in [-0.39, 0.29) is 24.3 Å². The molecule has 30 heavy (non-hydrogen) atoms. The van der Waals surface area contributed by atoms with Crippen LogP contribution in [-0.2, 0) is 11.2 Å². The average Bonchev–Trinajstić information content (AvgIpc) is 3.30. The van der Waals surface area contributed by atoms with Crippen LogP contribution < -0.4 is 5.32 Å². The zero-order valence-electron chi connectivity index (χ0n) is 16.7. The highest BCUT2D eigenvalue weighted by molar-refractivity contribution is 7.21. The number of nitrogens with one attached hydrogen (secondary N) is 1. The second kappa shape index (κ2) is 8.53. The van der Waals surface area contributed by atoms with Crippen LogP contribution in [0.4, 0.5) is 10.1 Å². The van der Waals surface area contributed by atoms with Gasteiger partial charge < -0.3 is 10.4 Å². The largest absolute Gasteiger partial charge is 0.477 e. The predicted molar refractivity (Wildman–Crippen MR) is 117 cm³/mol. The number of carboxylic acid groups (broad SMARTS) is 1. The summed E-state index contributed by atoms with van der Waals surface area (Å²) in [5, 5.41) is 13.4. The van der Waals surface area contributed by atoms with Crippen LogP contribution in [0.15, 0.2) is 42.5 Å². The highest BCUT2D eigenvalue weighted by atomic mass is 32.1. The fourth-order valence-corrected chi connectivity index (χ4v) is 5.17. The summed E-state index contributed by atoms with van der Waals surface area (Å²) in [5.41, 5.74) is 1.82. The van der Waals surface area contributed by atoms with Crippen LogP contribution in [0.25, 0.3) is 10.1 Å². The quantitative estimate of drug-likeness (QED) is 0.600. The van der Waals surface area contributed by atoms with Gasteiger partial charge in [0.2, 0.25) is 5.91 Å². The summed E-state index contributed by atoms with van der Waals surface area (Å²) in [6.07, 6.45) is 2.47. The number of carbonyl (C=O) groups excluding carboxylic acids is 1. The van der Waals surface area contributed by atoms with E-state index in [0.29, 0.717) is 22.5 Å². The molecule has 1 saturated heterocycles. The number of halogens is 1. The molecule has 1 aliphatic rings. The third kappa shape index (κ3) is 4.22. The fraction of sp³-hybridized carbons (Fsp3) is 0.304. The molecule has 5 nitrogen and oxygen atoms in total. The van der Waals surface area contributed by atoms with Crippen molar-refractivity contribution in [2.45, 2.75) is 32.2 Å². The van der Waals surface area contributed by atoms with Crippen molar-refractivity contribution in [2.75, 3.05) is 18.4 Å². The van der Waals surface area contributed by atoms with Gasteiger partial charge in [-0.25, -0.2) is 9.18 Å². The van der Waals surface area contributed by atoms with E-state index in [1.807, 2.05) is 24.3 Å². The van der Waals surface area contributed by atoms with Gasteiger partial charge in [-0.2, -0.15) is 0 Å². The molecule has 1 amide bonds. The maximum absolute atomic E-state index is 13.7. The van der Waals surface area contributed by atoms with Crippen LogP contribution in [0.2, 0.25) is 0 Å². The smallest absolute Gasteiger partial charge is 0.346 e. The molecule has 3 aromatic rings. The van der Waals surface area contributed by atoms with Crippen LogP contribution in [-0.4, -0.2) is 41.0 Å². The van der Waals surface area contributed by atoms with E-state index >= 15 is 0 Å². The van der Waals surface area contributed by atoms with Crippen LogP contribution >= 0.6 is 11.3 Å². The molecular formula is C23H23FN2O3S. The molecule has 1 aliphatic heterocycles. The molecule has 0 saturated carbocycles. The van der Waals surface area contributed by atoms with Gasteiger partial charge in [0, 0.05) is 16.4 Å². The molecule has 0 radical (unpaired) electrons. The Balaban J connectivity index is 1.48. The van der Waals surface area contributed by atoms with E-state index in [1.165, 1.54) is 17.4 Å². The number of aromatic carboxylic acids is 1. The van der Waals surface area contributed by atoms with Gasteiger partial charge in [-0.05, 0) is 67.4 Å². The first-order valence-electron chi connectivity index (χ1n) is 9.96. The predicted octanol–water partition coefficient (Wildman–Crippen LogP) is 4.69. The molecule has 1 aromatic heterocycles. The van der Waals surface area contributed by atoms with Crippen molar-refractivity contribution in [3.05, 3.63) is 64.3 Å². The van der Waals surface area contributed by atoms with Crippen LogP contribution in [0, 0.1) is 12.7 Å². The Morgan fingerprint density at radius 2 is 2.07 bits per heavy atom. The van der Waals surface area contributed by atoms with E-state index in [2.05, 4.69) is 10.2 Å². The average molecular weight is 427 g/mol. The molecule has 4 rings (SSSR count). The number of nitrogens with zero attached hydrogens (tertiary/aromatic N) is 1. The maximum Gasteiger partial charge on any atom is 0.346 e. The van der Waals surface area contributed by atoms with Crippen molar-refractivity contribution in [2.24, 2.45) is 0 Å². The van der Waals surface area contributed by atoms with Gasteiger partial charge in [0.15, 0.2) is 0 Å². The molecule has 0 bridgehead atoms. The van der Waals surface area contributed by atoms with Crippen molar-refractivity contribution in [1.82, 2.24) is 4.90 Å². The molecule has 0 unspecified atom stereocenters. The highest BCUT2D eigenvalue weighted by Gasteiger charge is 2.29. The molecule has 2 N–H and O–H groups in total. The second-order valence-electron chi connectivity index (χ2n) is 7.69. The summed E-state index contributed by atoms with van der Waals surface area (Å²) in [6.45, 7) is 2.66. The van der Waals surface area contributed by atoms with Gasteiger partial charge in [-0.1, -0.05) is 24.3 Å². The van der Waals surface area contributed by atoms with Crippen LogP contribution in [0.1, 0.15) is 33.6 Å². The summed E-state index contributed by atoms with van der Waals surface area (Å²) >= 11 is 1.30. The van der Waals surface area contributed by atoms with Crippen LogP contribution in [0.3, 0.4) is 0 Å². The Morgan fingerprint density at radius 3 is 2.83 bits per heavy atom. The first-order chi connectivity index (χ1) is 14.4. The number of fused-ring (bicyclic) bond motifs is 1. The van der Waals surface area contributed by atoms with Crippen molar-refractivity contribution >= 4 is 39.0 Å². The number of carbonyl (C=O) groups is 2. The minimum absolute atomic E-state index is 0.0987. The molecule has 0 spiro atoms. The summed E-state index contributed by atoms with van der Waals surface area (Å²) in [5.74, 6) is -1.45. The monoisotopic (exact) mass is 426 g/mol. The van der Waals surface area contributed by atoms with Gasteiger partial charge in [-0.3, -0.25) is 9.69 Å². The third-order valence-electron chi connectivity index (χ3n) is 5.63. The molecule has 2 aromatic carbocycles. The number of hydrogen-bond acceptors (Lipinski definition) is 4. The maximum atomic E-state index is 13.7. The summed E-state index contributed by atoms with van der Waals surface area (Å²) < 4.78 is 14.7. The lowest BCUT2D eigenvalue weighted by molar-refractivity contribution is -0.117. The lowest BCUT2D eigenvalue weighted by Crippen LogP contribution is -2.38. The van der Waals surface area contributed by atoms with Crippen molar-refractivity contribution in [3.8, 4) is 0 Å². The Morgan fingerprint density at radius 1 is 1.27 bits per heavy atom. The Bertz CT molecular complexity index is 1110. The van der Waals surface area contributed by atoms with Gasteiger partial charge in [0.25, 0.3) is 0 Å². The van der Waals surface area contributed by atoms with Crippen molar-refractivity contribution in [1.29, 1.82) is 0 Å². The fourth-order valence-electron chi connectivity index (χ4n) is 4.10. The molecule has 0 aliphatic carbocycles. The van der Waals surface area contributed by atoms with E-state index in [9.17, 15) is 19.1 Å². The molecule has 156 valence electrons. The number of hydrogen-bond donors (Lipinski definition) is 2. The molecule has 1 atom stereocenters. The second-order valence-corrected chi connectivity index (χ2v) is 8.75. The van der Waals surface area contributed by atoms with E-state index in [0.717, 1.165) is 35.0 Å². The summed E-state index contributed by atoms with van der Waals surface area (Å²) in [7, 11) is 0. The summed E-state index contributed by atoms with van der Waals surface area (Å²) in [6, 6.07) is 12.5. The number of aryl methyl sites for hydroxylation is 1. The van der Waals surface area contributed by atoms with Crippen molar-refractivity contribution < 1.29 is 19.1 Å². The first kappa shape index (κ1) is 20.5. The Kier molecular flexibility index (Phi) is 5.83. The number of amides is 1. The number of likely N-dealkylation sites (tertiary alicyclic amines) is 1. The number of thiophene rings is 1. The standard InChI is InChI=1S/C23H23FN2O3S/c1-14-8-9-15(11-19(14)24)25-21(27)13-26-10-4-5-16(26)12-18-17-6-2-3-7-20(17)30-22(18)23(28)29/h2-3,6-9,11,16H,4-5,10,12-13H2,1H3,(H,25,27)(H,28,29)/t16-/m0/s1. The SMILES string of the molecule is Cc1ccc(NC(=O)CN2CCC[C@H]2Cc2c(C(=O)O)sc3ccccc23)cc1F. The zero-order chi connectivity index (χ0) is 21.3. The lowest BCUT2D eigenvalue weighted by Gasteiger charge is -2.24. The van der Waals surface area contributed by atoms with Gasteiger partial charge in [-0.15, -0.1) is 11.3 Å². The number of carboxylic acids is 1. The van der Waals surface area contributed by atoms with E-state index in [1.54, 1.807) is 19.1 Å². The zero-order valence-corrected chi connectivity index (χ0v) is 17.5. The van der Waals surface area contributed by atoms with Crippen LogP contribution in [0.5, 0.6) is 0 Å². The Hall–Kier alpha value is -2.77. The molecule has 2 heterocycles. The molecular weight excluding hydrogens is 403 g/mol. The minimum atomic E-state index is -0.908. The Labute approximate surface area is 178 Å². The highest BCUT2D eigenvalue weighted by Crippen LogP contribution is 2.34. The topological polar surface area (TPSA) is 69.6 Å². The van der Waals surface area contributed by atoms with E-state index in [4.69, 9.17) is 0 Å². The normalized spacial score (nSPS) is 16.8. The molecule has 1 fully saturated rings. The number of anilines is 1. The van der Waals surface area contributed by atoms with Gasteiger partial charge >= 0.3 is 5.97 Å². The number of benzene rings is 2. The number of rotatable bonds is 6. The minimum Gasteiger partial charge on any atom is -0.477 e.